The van der Waals surface area contributed by atoms with Gasteiger partial charge in [0.05, 0.1) is 11.5 Å². The topological polar surface area (TPSA) is 117 Å². The van der Waals surface area contributed by atoms with Gasteiger partial charge >= 0.3 is 5.97 Å². The van der Waals surface area contributed by atoms with Gasteiger partial charge in [0.15, 0.2) is 0 Å². The highest BCUT2D eigenvalue weighted by atomic mass is 32.2. The number of fused-ring (bicyclic) bond motifs is 1. The van der Waals surface area contributed by atoms with Gasteiger partial charge in [-0.2, -0.15) is 4.72 Å². The van der Waals surface area contributed by atoms with Crippen LogP contribution in [0, 0.1) is 6.92 Å². The smallest absolute Gasteiger partial charge is 0.324 e. The zero-order chi connectivity index (χ0) is 18.9. The lowest BCUT2D eigenvalue weighted by atomic mass is 10.1. The Labute approximate surface area is 149 Å². The Morgan fingerprint density at radius 2 is 1.85 bits per heavy atom. The summed E-state index contributed by atoms with van der Waals surface area (Å²) in [5.41, 5.74) is 2.53. The van der Waals surface area contributed by atoms with Crippen LogP contribution in [0.2, 0.25) is 0 Å². The van der Waals surface area contributed by atoms with Crippen LogP contribution in [-0.2, 0) is 14.8 Å². The second-order valence-electron chi connectivity index (χ2n) is 5.87. The third-order valence-corrected chi connectivity index (χ3v) is 5.39. The van der Waals surface area contributed by atoms with Gasteiger partial charge in [0.2, 0.25) is 10.0 Å². The number of aliphatic hydroxyl groups is 1. The largest absolute Gasteiger partial charge is 0.480 e. The molecule has 7 nitrogen and oxygen atoms in total. The van der Waals surface area contributed by atoms with E-state index in [1.54, 1.807) is 12.1 Å². The second kappa shape index (κ2) is 6.91. The normalized spacial score (nSPS) is 13.0. The van der Waals surface area contributed by atoms with Crippen LogP contribution in [0.15, 0.2) is 57.8 Å². The van der Waals surface area contributed by atoms with Crippen LogP contribution < -0.4 is 4.72 Å². The first kappa shape index (κ1) is 18.1. The van der Waals surface area contributed by atoms with E-state index in [0.717, 1.165) is 16.5 Å². The van der Waals surface area contributed by atoms with Crippen molar-refractivity contribution in [2.75, 3.05) is 6.61 Å². The summed E-state index contributed by atoms with van der Waals surface area (Å²) in [7, 11) is -4.07. The van der Waals surface area contributed by atoms with Gasteiger partial charge in [-0.1, -0.05) is 11.6 Å². The number of hydrogen-bond donors (Lipinski definition) is 3. The fourth-order valence-corrected chi connectivity index (χ4v) is 3.70. The van der Waals surface area contributed by atoms with E-state index < -0.39 is 28.6 Å². The molecule has 3 aromatic rings. The van der Waals surface area contributed by atoms with Crippen molar-refractivity contribution in [3.63, 3.8) is 0 Å². The molecule has 3 N–H and O–H groups in total. The van der Waals surface area contributed by atoms with Crippen molar-refractivity contribution in [2.45, 2.75) is 17.9 Å². The molecule has 0 amide bonds. The molecule has 1 heterocycles. The molecule has 2 aromatic carbocycles. The fourth-order valence-electron chi connectivity index (χ4n) is 2.52. The molecule has 0 aliphatic carbocycles. The molecular weight excluding hydrogens is 358 g/mol. The molecule has 0 aliphatic heterocycles. The van der Waals surface area contributed by atoms with Crippen LogP contribution in [0.3, 0.4) is 0 Å². The molecule has 0 bridgehead atoms. The van der Waals surface area contributed by atoms with E-state index in [1.165, 1.54) is 12.1 Å². The van der Waals surface area contributed by atoms with E-state index >= 15 is 0 Å². The molecule has 1 aromatic heterocycles. The molecule has 8 heteroatoms. The van der Waals surface area contributed by atoms with Gasteiger partial charge in [-0.25, -0.2) is 8.42 Å². The SMILES string of the molecule is Cc1ccc2oc(-c3ccc(S(=O)(=O)N[C@H](CO)C(=O)O)cc3)cc2c1. The van der Waals surface area contributed by atoms with E-state index in [0.29, 0.717) is 11.3 Å². The first-order valence-electron chi connectivity index (χ1n) is 7.77. The minimum absolute atomic E-state index is 0.104. The summed E-state index contributed by atoms with van der Waals surface area (Å²) in [6.07, 6.45) is 0. The summed E-state index contributed by atoms with van der Waals surface area (Å²) in [6.45, 7) is 1.14. The van der Waals surface area contributed by atoms with E-state index in [1.807, 2.05) is 35.9 Å². The molecule has 26 heavy (non-hydrogen) atoms. The molecule has 0 fully saturated rings. The lowest BCUT2D eigenvalue weighted by Gasteiger charge is -2.12. The quantitative estimate of drug-likeness (QED) is 0.608. The number of aryl methyl sites for hydroxylation is 1. The van der Waals surface area contributed by atoms with Crippen LogP contribution in [-0.4, -0.2) is 37.2 Å². The minimum atomic E-state index is -4.07. The summed E-state index contributed by atoms with van der Waals surface area (Å²) in [4.78, 5) is 10.8. The lowest BCUT2D eigenvalue weighted by molar-refractivity contribution is -0.139. The Hall–Kier alpha value is -2.68. The number of nitrogens with one attached hydrogen (secondary N) is 1. The highest BCUT2D eigenvalue weighted by Crippen LogP contribution is 2.29. The van der Waals surface area contributed by atoms with Crippen LogP contribution in [0.4, 0.5) is 0 Å². The molecule has 0 unspecified atom stereocenters. The van der Waals surface area contributed by atoms with Crippen LogP contribution in [0.5, 0.6) is 0 Å². The van der Waals surface area contributed by atoms with Crippen molar-refractivity contribution < 1.29 is 27.8 Å². The van der Waals surface area contributed by atoms with Crippen LogP contribution in [0.1, 0.15) is 5.56 Å². The Morgan fingerprint density at radius 1 is 1.15 bits per heavy atom. The fraction of sp³-hybridized carbons (Fsp3) is 0.167. The maximum Gasteiger partial charge on any atom is 0.324 e. The van der Waals surface area contributed by atoms with Gasteiger partial charge in [0.1, 0.15) is 17.4 Å². The van der Waals surface area contributed by atoms with Crippen LogP contribution >= 0.6 is 0 Å². The molecule has 0 saturated carbocycles. The highest BCUT2D eigenvalue weighted by Gasteiger charge is 2.24. The zero-order valence-corrected chi connectivity index (χ0v) is 14.7. The molecule has 0 spiro atoms. The minimum Gasteiger partial charge on any atom is -0.480 e. The molecule has 1 atom stereocenters. The van der Waals surface area contributed by atoms with Gasteiger partial charge in [0, 0.05) is 10.9 Å². The summed E-state index contributed by atoms with van der Waals surface area (Å²) in [5, 5.41) is 18.8. The summed E-state index contributed by atoms with van der Waals surface area (Å²) >= 11 is 0. The predicted molar refractivity (Wildman–Crippen MR) is 95.2 cm³/mol. The maximum absolute atomic E-state index is 12.2. The molecule has 0 aliphatic rings. The van der Waals surface area contributed by atoms with Crippen molar-refractivity contribution >= 4 is 27.0 Å². The van der Waals surface area contributed by atoms with E-state index in [4.69, 9.17) is 14.6 Å². The first-order chi connectivity index (χ1) is 12.3. The Kier molecular flexibility index (Phi) is 4.82. The third kappa shape index (κ3) is 3.62. The molecule has 3 rings (SSSR count). The molecular formula is C18H17NO6S. The maximum atomic E-state index is 12.2. The zero-order valence-electron chi connectivity index (χ0n) is 13.8. The average Bonchev–Trinajstić information content (AvgIpc) is 3.02. The summed E-state index contributed by atoms with van der Waals surface area (Å²) < 4.78 is 32.2. The van der Waals surface area contributed by atoms with Crippen LogP contribution in [0.25, 0.3) is 22.3 Å². The molecule has 0 radical (unpaired) electrons. The van der Waals surface area contributed by atoms with Gasteiger partial charge in [-0.05, 0) is 49.4 Å². The number of aliphatic hydroxyl groups excluding tert-OH is 1. The Balaban J connectivity index is 1.88. The van der Waals surface area contributed by atoms with Crippen molar-refractivity contribution in [1.29, 1.82) is 0 Å². The summed E-state index contributed by atoms with van der Waals surface area (Å²) in [5.74, 6) is -0.855. The van der Waals surface area contributed by atoms with Crippen molar-refractivity contribution in [3.05, 3.63) is 54.1 Å². The highest BCUT2D eigenvalue weighted by molar-refractivity contribution is 7.89. The van der Waals surface area contributed by atoms with Crippen molar-refractivity contribution in [3.8, 4) is 11.3 Å². The second-order valence-corrected chi connectivity index (χ2v) is 7.58. The number of furan rings is 1. The lowest BCUT2D eigenvalue weighted by Crippen LogP contribution is -2.43. The predicted octanol–water partition coefficient (Wildman–Crippen LogP) is 2.13. The van der Waals surface area contributed by atoms with Crippen molar-refractivity contribution in [2.24, 2.45) is 0 Å². The number of hydrogen-bond acceptors (Lipinski definition) is 5. The molecule has 136 valence electrons. The first-order valence-corrected chi connectivity index (χ1v) is 9.25. The van der Waals surface area contributed by atoms with E-state index in [-0.39, 0.29) is 4.90 Å². The van der Waals surface area contributed by atoms with E-state index in [9.17, 15) is 13.2 Å². The van der Waals surface area contributed by atoms with E-state index in [2.05, 4.69) is 0 Å². The van der Waals surface area contributed by atoms with Gasteiger partial charge in [-0.3, -0.25) is 4.79 Å². The monoisotopic (exact) mass is 375 g/mol. The van der Waals surface area contributed by atoms with Gasteiger partial charge in [0.25, 0.3) is 0 Å². The Bertz CT molecular complexity index is 1050. The number of aliphatic carboxylic acids is 1. The summed E-state index contributed by atoms with van der Waals surface area (Å²) in [6, 6.07) is 11.9. The number of carbonyl (C=O) groups is 1. The number of rotatable bonds is 6. The molecule has 0 saturated heterocycles. The average molecular weight is 375 g/mol. The number of carboxylic acids is 1. The third-order valence-electron chi connectivity index (χ3n) is 3.90. The number of carboxylic acid groups (broad SMARTS) is 1. The standard InChI is InChI=1S/C18H17NO6S/c1-11-2-7-16-13(8-11)9-17(25-16)12-3-5-14(6-4-12)26(23,24)19-15(10-20)18(21)22/h2-9,15,19-20H,10H2,1H3,(H,21,22)/t15-/m1/s1. The number of benzene rings is 2. The van der Waals surface area contributed by atoms with Gasteiger partial charge in [-0.15, -0.1) is 0 Å². The number of sulfonamides is 1. The van der Waals surface area contributed by atoms with Crippen molar-refractivity contribution in [1.82, 2.24) is 4.72 Å². The van der Waals surface area contributed by atoms with Gasteiger partial charge < -0.3 is 14.6 Å². The Morgan fingerprint density at radius 3 is 2.46 bits per heavy atom.